The number of halogens is 1. The Labute approximate surface area is 125 Å². The number of carbonyl (C=O) groups is 1. The Morgan fingerprint density at radius 1 is 1.20 bits per heavy atom. The summed E-state index contributed by atoms with van der Waals surface area (Å²) in [7, 11) is 3.02. The van der Waals surface area contributed by atoms with Crippen molar-refractivity contribution in [1.29, 1.82) is 0 Å². The molecule has 1 aromatic heterocycles. The molecule has 106 valence electrons. The van der Waals surface area contributed by atoms with Crippen LogP contribution in [0.25, 0.3) is 0 Å². The van der Waals surface area contributed by atoms with Crippen LogP contribution in [0.15, 0.2) is 29.6 Å². The van der Waals surface area contributed by atoms with Crippen molar-refractivity contribution in [3.63, 3.8) is 0 Å². The number of rotatable bonds is 4. The summed E-state index contributed by atoms with van der Waals surface area (Å²) in [5.74, 6) is 0.945. The Kier molecular flexibility index (Phi) is 4.70. The smallest absolute Gasteiger partial charge is 0.324 e. The lowest BCUT2D eigenvalue weighted by molar-refractivity contribution is 0.262. The lowest BCUT2D eigenvalue weighted by Crippen LogP contribution is -2.19. The minimum atomic E-state index is -0.369. The third-order valence-corrected chi connectivity index (χ3v) is 3.56. The highest BCUT2D eigenvalue weighted by atomic mass is 35.5. The molecule has 2 aromatic rings. The van der Waals surface area contributed by atoms with Gasteiger partial charge in [-0.3, -0.25) is 5.32 Å². The van der Waals surface area contributed by atoms with Crippen molar-refractivity contribution >= 4 is 39.7 Å². The number of urea groups is 1. The number of amides is 2. The van der Waals surface area contributed by atoms with Gasteiger partial charge in [0.05, 0.1) is 29.9 Å². The van der Waals surface area contributed by atoms with Crippen molar-refractivity contribution < 1.29 is 14.3 Å². The number of thiophene rings is 1. The maximum atomic E-state index is 11.9. The van der Waals surface area contributed by atoms with E-state index < -0.39 is 0 Å². The predicted molar refractivity (Wildman–Crippen MR) is 81.5 cm³/mol. The lowest BCUT2D eigenvalue weighted by atomic mass is 10.2. The molecule has 0 spiro atoms. The van der Waals surface area contributed by atoms with Gasteiger partial charge < -0.3 is 14.8 Å². The van der Waals surface area contributed by atoms with Crippen LogP contribution in [0.5, 0.6) is 11.5 Å². The van der Waals surface area contributed by atoms with Gasteiger partial charge in [0.1, 0.15) is 11.5 Å². The van der Waals surface area contributed by atoms with Crippen LogP contribution in [0, 0.1) is 0 Å². The molecule has 2 N–H and O–H groups in total. The third kappa shape index (κ3) is 3.34. The molecule has 0 aliphatic heterocycles. The molecule has 0 aliphatic carbocycles. The van der Waals surface area contributed by atoms with Gasteiger partial charge in [-0.1, -0.05) is 11.6 Å². The quantitative estimate of drug-likeness (QED) is 0.895. The van der Waals surface area contributed by atoms with Gasteiger partial charge in [0.25, 0.3) is 0 Å². The van der Waals surface area contributed by atoms with Crippen molar-refractivity contribution in [2.45, 2.75) is 0 Å². The van der Waals surface area contributed by atoms with E-state index in [1.165, 1.54) is 25.6 Å². The zero-order chi connectivity index (χ0) is 14.5. The second-order valence-corrected chi connectivity index (χ2v) is 5.10. The zero-order valence-corrected chi connectivity index (χ0v) is 12.5. The minimum Gasteiger partial charge on any atom is -0.495 e. The molecule has 2 rings (SSSR count). The molecular weight excluding hydrogens is 300 g/mol. The Hall–Kier alpha value is -1.92. The van der Waals surface area contributed by atoms with E-state index in [1.54, 1.807) is 12.1 Å². The molecule has 1 aromatic carbocycles. The van der Waals surface area contributed by atoms with Gasteiger partial charge in [0, 0.05) is 6.07 Å². The second kappa shape index (κ2) is 6.49. The molecule has 0 atom stereocenters. The number of nitrogens with one attached hydrogen (secondary N) is 2. The Balaban J connectivity index is 2.15. The first-order valence-electron chi connectivity index (χ1n) is 5.67. The largest absolute Gasteiger partial charge is 0.495 e. The molecule has 0 bridgehead atoms. The van der Waals surface area contributed by atoms with Gasteiger partial charge in [-0.25, -0.2) is 4.79 Å². The standard InChI is InChI=1S/C13H13ClN2O3S/c1-18-10-7-11(19-2)9(6-8(10)14)15-13(17)16-12-4-3-5-20-12/h3-7H,1-2H3,(H2,15,16,17). The van der Waals surface area contributed by atoms with E-state index in [0.717, 1.165) is 5.00 Å². The monoisotopic (exact) mass is 312 g/mol. The Morgan fingerprint density at radius 2 is 1.95 bits per heavy atom. The van der Waals surface area contributed by atoms with Crippen molar-refractivity contribution in [1.82, 2.24) is 0 Å². The van der Waals surface area contributed by atoms with Gasteiger partial charge in [0.15, 0.2) is 0 Å². The fourth-order valence-corrected chi connectivity index (χ4v) is 2.43. The highest BCUT2D eigenvalue weighted by Crippen LogP contribution is 2.35. The number of hydrogen-bond acceptors (Lipinski definition) is 4. The van der Waals surface area contributed by atoms with Crippen LogP contribution >= 0.6 is 22.9 Å². The summed E-state index contributed by atoms with van der Waals surface area (Å²) in [5.41, 5.74) is 0.465. The molecule has 5 nitrogen and oxygen atoms in total. The number of benzene rings is 1. The topological polar surface area (TPSA) is 59.6 Å². The summed E-state index contributed by atoms with van der Waals surface area (Å²) >= 11 is 7.47. The summed E-state index contributed by atoms with van der Waals surface area (Å²) in [6, 6.07) is 6.48. The molecular formula is C13H13ClN2O3S. The lowest BCUT2D eigenvalue weighted by Gasteiger charge is -2.13. The maximum Gasteiger partial charge on any atom is 0.324 e. The summed E-state index contributed by atoms with van der Waals surface area (Å²) in [6.07, 6.45) is 0. The average Bonchev–Trinajstić information content (AvgIpc) is 2.91. The summed E-state index contributed by atoms with van der Waals surface area (Å²) in [6.45, 7) is 0. The minimum absolute atomic E-state index is 0.369. The number of carbonyl (C=O) groups excluding carboxylic acids is 1. The van der Waals surface area contributed by atoms with Gasteiger partial charge >= 0.3 is 6.03 Å². The molecule has 0 aliphatic rings. The molecule has 0 unspecified atom stereocenters. The molecule has 0 radical (unpaired) electrons. The molecule has 0 saturated heterocycles. The van der Waals surface area contributed by atoms with E-state index >= 15 is 0 Å². The van der Waals surface area contributed by atoms with E-state index in [1.807, 2.05) is 17.5 Å². The summed E-state index contributed by atoms with van der Waals surface area (Å²) in [5, 5.41) is 8.41. The highest BCUT2D eigenvalue weighted by Gasteiger charge is 2.12. The number of ether oxygens (including phenoxy) is 2. The van der Waals surface area contributed by atoms with E-state index in [4.69, 9.17) is 21.1 Å². The summed E-state index contributed by atoms with van der Waals surface area (Å²) in [4.78, 5) is 11.9. The molecule has 20 heavy (non-hydrogen) atoms. The van der Waals surface area contributed by atoms with Gasteiger partial charge in [0.2, 0.25) is 0 Å². The zero-order valence-electron chi connectivity index (χ0n) is 10.9. The van der Waals surface area contributed by atoms with Gasteiger partial charge in [-0.15, -0.1) is 11.3 Å². The molecule has 0 fully saturated rings. The second-order valence-electron chi connectivity index (χ2n) is 3.74. The van der Waals surface area contributed by atoms with Crippen LogP contribution in [-0.2, 0) is 0 Å². The Morgan fingerprint density at radius 3 is 2.55 bits per heavy atom. The van der Waals surface area contributed by atoms with Gasteiger partial charge in [-0.05, 0) is 23.6 Å². The Bertz CT molecular complexity index is 602. The van der Waals surface area contributed by atoms with E-state index in [2.05, 4.69) is 10.6 Å². The molecule has 1 heterocycles. The highest BCUT2D eigenvalue weighted by molar-refractivity contribution is 7.14. The van der Waals surface area contributed by atoms with E-state index in [9.17, 15) is 4.79 Å². The van der Waals surface area contributed by atoms with Crippen LogP contribution < -0.4 is 20.1 Å². The van der Waals surface area contributed by atoms with Crippen molar-refractivity contribution in [2.75, 3.05) is 24.9 Å². The predicted octanol–water partition coefficient (Wildman–Crippen LogP) is 4.06. The summed E-state index contributed by atoms with van der Waals surface area (Å²) < 4.78 is 10.3. The van der Waals surface area contributed by atoms with Crippen LogP contribution in [0.1, 0.15) is 0 Å². The first-order chi connectivity index (χ1) is 9.63. The van der Waals surface area contributed by atoms with Crippen molar-refractivity contribution in [3.8, 4) is 11.5 Å². The first-order valence-corrected chi connectivity index (χ1v) is 6.93. The maximum absolute atomic E-state index is 11.9. The van der Waals surface area contributed by atoms with Crippen LogP contribution in [0.3, 0.4) is 0 Å². The van der Waals surface area contributed by atoms with Crippen molar-refractivity contribution in [3.05, 3.63) is 34.7 Å². The SMILES string of the molecule is COc1cc(OC)c(NC(=O)Nc2cccs2)cc1Cl. The van der Waals surface area contributed by atoms with Crippen LogP contribution in [0.2, 0.25) is 5.02 Å². The normalized spacial score (nSPS) is 9.95. The van der Waals surface area contributed by atoms with Crippen molar-refractivity contribution in [2.24, 2.45) is 0 Å². The first kappa shape index (κ1) is 14.5. The van der Waals surface area contributed by atoms with Gasteiger partial charge in [-0.2, -0.15) is 0 Å². The fraction of sp³-hybridized carbons (Fsp3) is 0.154. The van der Waals surface area contributed by atoms with Crippen LogP contribution in [0.4, 0.5) is 15.5 Å². The number of anilines is 2. The van der Waals surface area contributed by atoms with Crippen LogP contribution in [-0.4, -0.2) is 20.3 Å². The molecule has 2 amide bonds. The average molecular weight is 313 g/mol. The third-order valence-electron chi connectivity index (χ3n) is 2.48. The molecule has 7 heteroatoms. The number of methoxy groups -OCH3 is 2. The van der Waals surface area contributed by atoms with E-state index in [0.29, 0.717) is 22.2 Å². The number of hydrogen-bond donors (Lipinski definition) is 2. The van der Waals surface area contributed by atoms with E-state index in [-0.39, 0.29) is 6.03 Å². The molecule has 0 saturated carbocycles. The fourth-order valence-electron chi connectivity index (χ4n) is 1.57.